The summed E-state index contributed by atoms with van der Waals surface area (Å²) in [5, 5.41) is 2.84. The summed E-state index contributed by atoms with van der Waals surface area (Å²) in [4.78, 5) is 22.2. The molecule has 2 aromatic rings. The molecule has 8 heteroatoms. The number of nitrogens with two attached hydrogens (primary N) is 1. The highest BCUT2D eigenvalue weighted by molar-refractivity contribution is 7.09. The van der Waals surface area contributed by atoms with Crippen LogP contribution < -0.4 is 5.73 Å². The molecule has 2 heterocycles. The Morgan fingerprint density at radius 3 is 2.76 bits per heavy atom. The minimum Gasteiger partial charge on any atom is -0.333 e. The lowest BCUT2D eigenvalue weighted by Gasteiger charge is -2.39. The Labute approximate surface area is 190 Å². The maximum Gasteiger partial charge on any atom is 0.273 e. The fourth-order valence-electron chi connectivity index (χ4n) is 3.76. The molecular formula is C21H32Cl2N4OS. The SMILES string of the molecule is CCCN(C(=O)c1csc(CCN)n1)C1CCCN(Cc2ccccc2)C1.Cl.Cl. The average molecular weight is 459 g/mol. The van der Waals surface area contributed by atoms with E-state index in [-0.39, 0.29) is 36.8 Å². The fourth-order valence-corrected chi connectivity index (χ4v) is 4.54. The molecule has 0 radical (unpaired) electrons. The molecule has 29 heavy (non-hydrogen) atoms. The number of benzene rings is 1. The van der Waals surface area contributed by atoms with Crippen molar-refractivity contribution >= 4 is 42.1 Å². The number of carbonyl (C=O) groups is 1. The average Bonchev–Trinajstić information content (AvgIpc) is 3.16. The van der Waals surface area contributed by atoms with Crippen molar-refractivity contribution in [1.29, 1.82) is 0 Å². The molecule has 1 amide bonds. The lowest BCUT2D eigenvalue weighted by Crippen LogP contribution is -2.50. The minimum absolute atomic E-state index is 0. The molecule has 1 atom stereocenters. The van der Waals surface area contributed by atoms with Crippen molar-refractivity contribution in [2.75, 3.05) is 26.2 Å². The summed E-state index contributed by atoms with van der Waals surface area (Å²) in [6, 6.07) is 10.8. The summed E-state index contributed by atoms with van der Waals surface area (Å²) < 4.78 is 0. The van der Waals surface area contributed by atoms with E-state index in [2.05, 4.69) is 52.0 Å². The summed E-state index contributed by atoms with van der Waals surface area (Å²) in [5.74, 6) is 0.0722. The molecule has 1 aromatic heterocycles. The molecule has 1 unspecified atom stereocenters. The lowest BCUT2D eigenvalue weighted by atomic mass is 10.0. The van der Waals surface area contributed by atoms with Gasteiger partial charge in [0, 0.05) is 37.5 Å². The second-order valence-electron chi connectivity index (χ2n) is 7.18. The van der Waals surface area contributed by atoms with E-state index < -0.39 is 0 Å². The van der Waals surface area contributed by atoms with Gasteiger partial charge in [-0.05, 0) is 37.9 Å². The van der Waals surface area contributed by atoms with Crippen LogP contribution in [0.4, 0.5) is 0 Å². The second kappa shape index (κ2) is 13.2. The van der Waals surface area contributed by atoms with Crippen molar-refractivity contribution in [1.82, 2.24) is 14.8 Å². The normalized spacial score (nSPS) is 16.6. The van der Waals surface area contributed by atoms with Crippen LogP contribution in [0.15, 0.2) is 35.7 Å². The molecule has 1 saturated heterocycles. The van der Waals surface area contributed by atoms with E-state index in [4.69, 9.17) is 5.73 Å². The molecule has 0 bridgehead atoms. The van der Waals surface area contributed by atoms with E-state index in [1.165, 1.54) is 16.9 Å². The molecule has 3 rings (SSSR count). The third-order valence-corrected chi connectivity index (χ3v) is 5.93. The zero-order chi connectivity index (χ0) is 19.1. The van der Waals surface area contributed by atoms with Crippen LogP contribution in [-0.4, -0.2) is 52.9 Å². The van der Waals surface area contributed by atoms with Crippen molar-refractivity contribution in [3.05, 3.63) is 52.0 Å². The first-order valence-corrected chi connectivity index (χ1v) is 10.8. The Hall–Kier alpha value is -1.18. The van der Waals surface area contributed by atoms with Crippen LogP contribution in [0.25, 0.3) is 0 Å². The predicted molar refractivity (Wildman–Crippen MR) is 125 cm³/mol. The van der Waals surface area contributed by atoms with E-state index in [0.717, 1.165) is 56.9 Å². The van der Waals surface area contributed by atoms with Crippen molar-refractivity contribution in [3.63, 3.8) is 0 Å². The summed E-state index contributed by atoms with van der Waals surface area (Å²) in [6.07, 6.45) is 3.89. The number of hydrogen-bond acceptors (Lipinski definition) is 5. The summed E-state index contributed by atoms with van der Waals surface area (Å²) in [5.41, 5.74) is 7.53. The monoisotopic (exact) mass is 458 g/mol. The van der Waals surface area contributed by atoms with Gasteiger partial charge >= 0.3 is 0 Å². The van der Waals surface area contributed by atoms with Gasteiger partial charge in [0.25, 0.3) is 5.91 Å². The smallest absolute Gasteiger partial charge is 0.273 e. The molecule has 162 valence electrons. The van der Waals surface area contributed by atoms with Crippen molar-refractivity contribution in [2.24, 2.45) is 5.73 Å². The van der Waals surface area contributed by atoms with Crippen LogP contribution in [0.5, 0.6) is 0 Å². The molecule has 2 N–H and O–H groups in total. The van der Waals surface area contributed by atoms with Crippen LogP contribution in [0.1, 0.15) is 47.2 Å². The van der Waals surface area contributed by atoms with Gasteiger partial charge in [0.2, 0.25) is 0 Å². The van der Waals surface area contributed by atoms with Crippen LogP contribution in [0.2, 0.25) is 0 Å². The lowest BCUT2D eigenvalue weighted by molar-refractivity contribution is 0.0529. The van der Waals surface area contributed by atoms with E-state index >= 15 is 0 Å². The largest absolute Gasteiger partial charge is 0.333 e. The number of amides is 1. The number of nitrogens with zero attached hydrogens (tertiary/aromatic N) is 3. The molecule has 0 saturated carbocycles. The standard InChI is InChI=1S/C21H30N4OS.2ClH/c1-2-12-25(21(26)19-16-27-20(23-19)10-11-22)18-9-6-13-24(15-18)14-17-7-4-3-5-8-17;;/h3-5,7-8,16,18H,2,6,9-15,22H2,1H3;2*1H. The Morgan fingerprint density at radius 2 is 2.07 bits per heavy atom. The second-order valence-corrected chi connectivity index (χ2v) is 8.12. The molecule has 1 aromatic carbocycles. The molecule has 1 aliphatic rings. The minimum atomic E-state index is 0. The van der Waals surface area contributed by atoms with Gasteiger partial charge in [0.1, 0.15) is 5.69 Å². The van der Waals surface area contributed by atoms with Gasteiger partial charge in [0.05, 0.1) is 5.01 Å². The van der Waals surface area contributed by atoms with Crippen LogP contribution in [0, 0.1) is 0 Å². The van der Waals surface area contributed by atoms with Crippen LogP contribution >= 0.6 is 36.2 Å². The maximum atomic E-state index is 13.1. The maximum absolute atomic E-state index is 13.1. The highest BCUT2D eigenvalue weighted by atomic mass is 35.5. The van der Waals surface area contributed by atoms with Gasteiger partial charge in [0.15, 0.2) is 0 Å². The molecule has 1 aliphatic heterocycles. The number of thiazole rings is 1. The number of halogens is 2. The molecular weight excluding hydrogens is 427 g/mol. The quantitative estimate of drug-likeness (QED) is 0.648. The van der Waals surface area contributed by atoms with E-state index in [1.807, 2.05) is 5.38 Å². The summed E-state index contributed by atoms with van der Waals surface area (Å²) in [6.45, 7) is 6.45. The number of hydrogen-bond donors (Lipinski definition) is 1. The van der Waals surface area contributed by atoms with Gasteiger partial charge in [-0.25, -0.2) is 4.98 Å². The van der Waals surface area contributed by atoms with Crippen molar-refractivity contribution in [2.45, 2.75) is 45.2 Å². The Kier molecular flexibility index (Phi) is 11.8. The first-order valence-electron chi connectivity index (χ1n) is 9.93. The van der Waals surface area contributed by atoms with Crippen molar-refractivity contribution in [3.8, 4) is 0 Å². The van der Waals surface area contributed by atoms with E-state index in [1.54, 1.807) is 0 Å². The topological polar surface area (TPSA) is 62.5 Å². The highest BCUT2D eigenvalue weighted by Gasteiger charge is 2.29. The first-order chi connectivity index (χ1) is 13.2. The number of piperidine rings is 1. The van der Waals surface area contributed by atoms with E-state index in [0.29, 0.717) is 12.2 Å². The Balaban J connectivity index is 0.00000210. The zero-order valence-corrected chi connectivity index (χ0v) is 19.4. The number of likely N-dealkylation sites (tertiary alicyclic amines) is 1. The van der Waals surface area contributed by atoms with Crippen LogP contribution in [-0.2, 0) is 13.0 Å². The van der Waals surface area contributed by atoms with Gasteiger partial charge in [-0.1, -0.05) is 37.3 Å². The van der Waals surface area contributed by atoms with Gasteiger partial charge in [-0.15, -0.1) is 36.2 Å². The van der Waals surface area contributed by atoms with E-state index in [9.17, 15) is 4.79 Å². The number of aromatic nitrogens is 1. The van der Waals surface area contributed by atoms with Crippen molar-refractivity contribution < 1.29 is 4.79 Å². The molecule has 5 nitrogen and oxygen atoms in total. The molecule has 0 aliphatic carbocycles. The predicted octanol–water partition coefficient (Wildman–Crippen LogP) is 4.00. The van der Waals surface area contributed by atoms with Gasteiger partial charge in [-0.3, -0.25) is 9.69 Å². The first kappa shape index (κ1) is 25.9. The van der Waals surface area contributed by atoms with Gasteiger partial charge < -0.3 is 10.6 Å². The molecule has 0 spiro atoms. The number of rotatable bonds is 8. The third kappa shape index (κ3) is 7.23. The zero-order valence-electron chi connectivity index (χ0n) is 17.0. The summed E-state index contributed by atoms with van der Waals surface area (Å²) in [7, 11) is 0. The highest BCUT2D eigenvalue weighted by Crippen LogP contribution is 2.21. The fraction of sp³-hybridized carbons (Fsp3) is 0.524. The number of carbonyl (C=O) groups excluding carboxylic acids is 1. The summed E-state index contributed by atoms with van der Waals surface area (Å²) >= 11 is 1.54. The van der Waals surface area contributed by atoms with Crippen LogP contribution in [0.3, 0.4) is 0 Å². The third-order valence-electron chi connectivity index (χ3n) is 5.02. The Morgan fingerprint density at radius 1 is 1.31 bits per heavy atom. The van der Waals surface area contributed by atoms with Gasteiger partial charge in [-0.2, -0.15) is 0 Å². The molecule has 1 fully saturated rings. The Bertz CT molecular complexity index is 728.